The van der Waals surface area contributed by atoms with Crippen LogP contribution in [0.25, 0.3) is 0 Å². The van der Waals surface area contributed by atoms with Gasteiger partial charge in [0.05, 0.1) is 14.2 Å². The highest BCUT2D eigenvalue weighted by Gasteiger charge is 2.17. The second kappa shape index (κ2) is 7.61. The van der Waals surface area contributed by atoms with Gasteiger partial charge in [0.2, 0.25) is 0 Å². The van der Waals surface area contributed by atoms with Crippen LogP contribution in [0, 0.1) is 0 Å². The van der Waals surface area contributed by atoms with Crippen LogP contribution in [-0.4, -0.2) is 33.6 Å². The van der Waals surface area contributed by atoms with Crippen LogP contribution < -0.4 is 14.8 Å². The molecule has 0 aliphatic rings. The molecule has 0 saturated heterocycles. The maximum absolute atomic E-state index is 12.8. The zero-order chi connectivity index (χ0) is 15.9. The van der Waals surface area contributed by atoms with Crippen LogP contribution in [-0.2, 0) is 6.42 Å². The lowest BCUT2D eigenvalue weighted by Gasteiger charge is -2.14. The number of hydrogen-bond donors (Lipinski definition) is 1. The molecule has 4 heteroatoms. The summed E-state index contributed by atoms with van der Waals surface area (Å²) in [7, 11) is 5.06. The lowest BCUT2D eigenvalue weighted by Crippen LogP contribution is -2.14. The molecule has 0 aromatic heterocycles. The fraction of sp³-hybridized carbons (Fsp3) is 0.278. The van der Waals surface area contributed by atoms with Crippen LogP contribution in [0.4, 0.5) is 0 Å². The molecule has 0 radical (unpaired) electrons. The summed E-state index contributed by atoms with van der Waals surface area (Å²) in [5, 5.41) is 3.10. The van der Waals surface area contributed by atoms with Crippen molar-refractivity contribution in [1.82, 2.24) is 5.32 Å². The van der Waals surface area contributed by atoms with Crippen molar-refractivity contribution in [2.45, 2.75) is 6.42 Å². The van der Waals surface area contributed by atoms with Gasteiger partial charge in [0.1, 0.15) is 0 Å². The van der Waals surface area contributed by atoms with Crippen molar-refractivity contribution in [3.05, 3.63) is 59.2 Å². The number of carbonyl (C=O) groups excluding carboxylic acids is 1. The van der Waals surface area contributed by atoms with Gasteiger partial charge >= 0.3 is 0 Å². The average molecular weight is 299 g/mol. The number of carbonyl (C=O) groups is 1. The van der Waals surface area contributed by atoms with E-state index in [0.717, 1.165) is 18.5 Å². The topological polar surface area (TPSA) is 47.6 Å². The van der Waals surface area contributed by atoms with Crippen LogP contribution in [0.1, 0.15) is 21.5 Å². The van der Waals surface area contributed by atoms with E-state index in [9.17, 15) is 4.79 Å². The molecule has 2 aromatic rings. The SMILES string of the molecule is CNCCc1cc(OC)c(OC)cc1C(=O)c1ccccc1. The highest BCUT2D eigenvalue weighted by atomic mass is 16.5. The third kappa shape index (κ3) is 3.46. The molecule has 0 unspecified atom stereocenters. The van der Waals surface area contributed by atoms with Crippen LogP contribution in [0.3, 0.4) is 0 Å². The third-order valence-corrected chi connectivity index (χ3v) is 3.53. The molecule has 0 spiro atoms. The number of likely N-dealkylation sites (N-methyl/N-ethyl adjacent to an activating group) is 1. The first-order valence-electron chi connectivity index (χ1n) is 7.20. The molecule has 0 saturated carbocycles. The van der Waals surface area contributed by atoms with E-state index in [1.165, 1.54) is 0 Å². The van der Waals surface area contributed by atoms with E-state index >= 15 is 0 Å². The predicted molar refractivity (Wildman–Crippen MR) is 87.1 cm³/mol. The van der Waals surface area contributed by atoms with Crippen molar-refractivity contribution in [2.24, 2.45) is 0 Å². The van der Waals surface area contributed by atoms with Crippen molar-refractivity contribution in [2.75, 3.05) is 27.8 Å². The Morgan fingerprint density at radius 1 is 1.05 bits per heavy atom. The Morgan fingerprint density at radius 2 is 1.68 bits per heavy atom. The maximum atomic E-state index is 12.8. The van der Waals surface area contributed by atoms with Crippen molar-refractivity contribution in [3.63, 3.8) is 0 Å². The molecule has 0 heterocycles. The molecular formula is C18H21NO3. The second-order valence-corrected chi connectivity index (χ2v) is 4.91. The highest BCUT2D eigenvalue weighted by molar-refractivity contribution is 6.10. The molecule has 116 valence electrons. The molecule has 4 nitrogen and oxygen atoms in total. The van der Waals surface area contributed by atoms with Gasteiger partial charge in [0.15, 0.2) is 17.3 Å². The van der Waals surface area contributed by atoms with E-state index in [0.29, 0.717) is 22.6 Å². The van der Waals surface area contributed by atoms with E-state index in [4.69, 9.17) is 9.47 Å². The highest BCUT2D eigenvalue weighted by Crippen LogP contribution is 2.32. The largest absolute Gasteiger partial charge is 0.493 e. The number of ketones is 1. The van der Waals surface area contributed by atoms with Gasteiger partial charge < -0.3 is 14.8 Å². The molecule has 22 heavy (non-hydrogen) atoms. The van der Waals surface area contributed by atoms with Gasteiger partial charge in [-0.2, -0.15) is 0 Å². The summed E-state index contributed by atoms with van der Waals surface area (Å²) in [4.78, 5) is 12.8. The Bertz CT molecular complexity index is 638. The summed E-state index contributed by atoms with van der Waals surface area (Å²) in [5.41, 5.74) is 2.26. The van der Waals surface area contributed by atoms with Crippen LogP contribution in [0.15, 0.2) is 42.5 Å². The molecule has 0 amide bonds. The number of ether oxygens (including phenoxy) is 2. The molecule has 0 atom stereocenters. The summed E-state index contributed by atoms with van der Waals surface area (Å²) >= 11 is 0. The van der Waals surface area contributed by atoms with Gasteiger partial charge in [-0.05, 0) is 37.7 Å². The van der Waals surface area contributed by atoms with Gasteiger partial charge in [0.25, 0.3) is 0 Å². The van der Waals surface area contributed by atoms with E-state index in [-0.39, 0.29) is 5.78 Å². The van der Waals surface area contributed by atoms with Crippen molar-refractivity contribution < 1.29 is 14.3 Å². The second-order valence-electron chi connectivity index (χ2n) is 4.91. The van der Waals surface area contributed by atoms with Crippen molar-refractivity contribution in [1.29, 1.82) is 0 Å². The van der Waals surface area contributed by atoms with Gasteiger partial charge in [-0.1, -0.05) is 30.3 Å². The Balaban J connectivity index is 2.49. The molecule has 1 N–H and O–H groups in total. The van der Waals surface area contributed by atoms with Crippen molar-refractivity contribution >= 4 is 5.78 Å². The monoisotopic (exact) mass is 299 g/mol. The first-order valence-corrected chi connectivity index (χ1v) is 7.20. The molecule has 2 aromatic carbocycles. The quantitative estimate of drug-likeness (QED) is 0.799. The first kappa shape index (κ1) is 16.0. The Labute approximate surface area is 131 Å². The summed E-state index contributed by atoms with van der Waals surface area (Å²) < 4.78 is 10.7. The fourth-order valence-electron chi connectivity index (χ4n) is 2.34. The van der Waals surface area contributed by atoms with Crippen LogP contribution in [0.5, 0.6) is 11.5 Å². The number of nitrogens with one attached hydrogen (secondary N) is 1. The molecule has 0 fully saturated rings. The summed E-state index contributed by atoms with van der Waals surface area (Å²) in [6.07, 6.45) is 0.741. The third-order valence-electron chi connectivity index (χ3n) is 3.53. The standard InChI is InChI=1S/C18H21NO3/c1-19-10-9-14-11-16(21-2)17(22-3)12-15(14)18(20)13-7-5-4-6-8-13/h4-8,11-12,19H,9-10H2,1-3H3. The smallest absolute Gasteiger partial charge is 0.193 e. The summed E-state index contributed by atoms with van der Waals surface area (Å²) in [6, 6.07) is 12.9. The van der Waals surface area contributed by atoms with E-state index in [1.807, 2.05) is 43.4 Å². The van der Waals surface area contributed by atoms with Crippen molar-refractivity contribution in [3.8, 4) is 11.5 Å². The van der Waals surface area contributed by atoms with Crippen LogP contribution >= 0.6 is 0 Å². The number of hydrogen-bond acceptors (Lipinski definition) is 4. The normalized spacial score (nSPS) is 10.3. The Kier molecular flexibility index (Phi) is 5.55. The maximum Gasteiger partial charge on any atom is 0.193 e. The summed E-state index contributed by atoms with van der Waals surface area (Å²) in [6.45, 7) is 0.782. The predicted octanol–water partition coefficient (Wildman–Crippen LogP) is 2.70. The zero-order valence-corrected chi connectivity index (χ0v) is 13.2. The number of benzene rings is 2. The number of methoxy groups -OCH3 is 2. The minimum Gasteiger partial charge on any atom is -0.493 e. The van der Waals surface area contributed by atoms with E-state index in [1.54, 1.807) is 20.3 Å². The van der Waals surface area contributed by atoms with E-state index < -0.39 is 0 Å². The molecule has 0 aliphatic carbocycles. The first-order chi connectivity index (χ1) is 10.7. The van der Waals surface area contributed by atoms with Gasteiger partial charge in [-0.25, -0.2) is 0 Å². The number of rotatable bonds is 7. The lowest BCUT2D eigenvalue weighted by molar-refractivity contribution is 0.103. The van der Waals surface area contributed by atoms with E-state index in [2.05, 4.69) is 5.32 Å². The van der Waals surface area contributed by atoms with Gasteiger partial charge in [-0.3, -0.25) is 4.79 Å². The molecule has 0 bridgehead atoms. The Hall–Kier alpha value is -2.33. The molecule has 2 rings (SSSR count). The average Bonchev–Trinajstić information content (AvgIpc) is 2.59. The zero-order valence-electron chi connectivity index (χ0n) is 13.2. The van der Waals surface area contributed by atoms with Crippen LogP contribution in [0.2, 0.25) is 0 Å². The summed E-state index contributed by atoms with van der Waals surface area (Å²) in [5.74, 6) is 1.20. The van der Waals surface area contributed by atoms with Gasteiger partial charge in [0, 0.05) is 11.1 Å². The molecule has 0 aliphatic heterocycles. The lowest BCUT2D eigenvalue weighted by atomic mass is 9.96. The van der Waals surface area contributed by atoms with Gasteiger partial charge in [-0.15, -0.1) is 0 Å². The minimum atomic E-state index is -0.00680. The Morgan fingerprint density at radius 3 is 2.27 bits per heavy atom. The molecular weight excluding hydrogens is 278 g/mol. The fourth-order valence-corrected chi connectivity index (χ4v) is 2.34. The minimum absolute atomic E-state index is 0.00680.